The lowest BCUT2D eigenvalue weighted by molar-refractivity contribution is 0.389. The van der Waals surface area contributed by atoms with Crippen molar-refractivity contribution in [3.8, 4) is 22.3 Å². The standard InChI is InChI=1S/C34H31OP/c1-2-35-36-24-25-20-22-26(23-21-25)29-17-11-19-32-33(29)30-16-9-10-18-31(30)34(32,27-12-5-3-6-13-27)28-14-7-4-8-15-28/h3-14,16-23,28,36H,2,15,24H2,1H3. The molecule has 4 aromatic carbocycles. The summed E-state index contributed by atoms with van der Waals surface area (Å²) in [5, 5.41) is 0. The van der Waals surface area contributed by atoms with E-state index in [2.05, 4.69) is 128 Å². The maximum Gasteiger partial charge on any atom is 0.0529 e. The fourth-order valence-electron chi connectivity index (χ4n) is 6.17. The fourth-order valence-corrected chi connectivity index (χ4v) is 6.88. The fraction of sp³-hybridized carbons (Fsp3) is 0.176. The molecule has 0 bridgehead atoms. The quantitative estimate of drug-likeness (QED) is 0.187. The maximum absolute atomic E-state index is 5.59. The van der Waals surface area contributed by atoms with Gasteiger partial charge in [-0.05, 0) is 63.8 Å². The second kappa shape index (κ2) is 10.0. The van der Waals surface area contributed by atoms with Crippen molar-refractivity contribution in [2.75, 3.05) is 6.61 Å². The molecule has 0 saturated carbocycles. The Morgan fingerprint density at radius 2 is 1.53 bits per heavy atom. The third-order valence-electron chi connectivity index (χ3n) is 7.66. The van der Waals surface area contributed by atoms with Gasteiger partial charge in [-0.25, -0.2) is 0 Å². The lowest BCUT2D eigenvalue weighted by atomic mass is 9.62. The first-order chi connectivity index (χ1) is 17.8. The summed E-state index contributed by atoms with van der Waals surface area (Å²) in [6.07, 6.45) is 11.1. The molecule has 0 aliphatic heterocycles. The van der Waals surface area contributed by atoms with E-state index in [4.69, 9.17) is 4.52 Å². The van der Waals surface area contributed by atoms with E-state index in [0.717, 1.165) is 19.2 Å². The average Bonchev–Trinajstić information content (AvgIpc) is 3.26. The largest absolute Gasteiger partial charge is 0.362 e. The summed E-state index contributed by atoms with van der Waals surface area (Å²) >= 11 is 0. The molecule has 0 radical (unpaired) electrons. The number of hydrogen-bond acceptors (Lipinski definition) is 1. The van der Waals surface area contributed by atoms with Crippen LogP contribution in [-0.4, -0.2) is 6.61 Å². The van der Waals surface area contributed by atoms with Crippen molar-refractivity contribution in [1.82, 2.24) is 0 Å². The minimum Gasteiger partial charge on any atom is -0.362 e. The molecule has 3 unspecified atom stereocenters. The van der Waals surface area contributed by atoms with Gasteiger partial charge in [-0.15, -0.1) is 0 Å². The van der Waals surface area contributed by atoms with E-state index in [0.29, 0.717) is 14.7 Å². The van der Waals surface area contributed by atoms with Gasteiger partial charge in [0.25, 0.3) is 0 Å². The molecule has 0 heterocycles. The summed E-state index contributed by atoms with van der Waals surface area (Å²) in [6.45, 7) is 2.83. The molecular weight excluding hydrogens is 455 g/mol. The number of fused-ring (bicyclic) bond motifs is 3. The normalized spacial score (nSPS) is 20.1. The summed E-state index contributed by atoms with van der Waals surface area (Å²) in [5.74, 6) is 0.351. The van der Waals surface area contributed by atoms with E-state index in [1.807, 2.05) is 0 Å². The molecule has 0 amide bonds. The van der Waals surface area contributed by atoms with Crippen molar-refractivity contribution in [3.05, 3.63) is 144 Å². The van der Waals surface area contributed by atoms with Crippen LogP contribution in [0.5, 0.6) is 0 Å². The van der Waals surface area contributed by atoms with E-state index in [9.17, 15) is 0 Å². The third-order valence-corrected chi connectivity index (χ3v) is 8.71. The Morgan fingerprint density at radius 1 is 0.778 bits per heavy atom. The van der Waals surface area contributed by atoms with Crippen LogP contribution in [0, 0.1) is 5.92 Å². The predicted octanol–water partition coefficient (Wildman–Crippen LogP) is 8.93. The second-order valence-corrected chi connectivity index (χ2v) is 10.5. The molecule has 178 valence electrons. The van der Waals surface area contributed by atoms with Gasteiger partial charge in [0.1, 0.15) is 0 Å². The van der Waals surface area contributed by atoms with Gasteiger partial charge in [-0.2, -0.15) is 0 Å². The maximum atomic E-state index is 5.59. The molecule has 0 aromatic heterocycles. The average molecular weight is 487 g/mol. The minimum atomic E-state index is -0.219. The lowest BCUT2D eigenvalue weighted by Gasteiger charge is -2.39. The highest BCUT2D eigenvalue weighted by atomic mass is 31.1. The Kier molecular flexibility index (Phi) is 6.45. The van der Waals surface area contributed by atoms with Crippen LogP contribution >= 0.6 is 8.81 Å². The monoisotopic (exact) mass is 486 g/mol. The molecule has 4 aromatic rings. The zero-order chi connectivity index (χ0) is 24.4. The smallest absolute Gasteiger partial charge is 0.0529 e. The van der Waals surface area contributed by atoms with E-state index in [1.165, 1.54) is 44.5 Å². The van der Waals surface area contributed by atoms with Crippen molar-refractivity contribution in [2.24, 2.45) is 5.92 Å². The topological polar surface area (TPSA) is 9.23 Å². The van der Waals surface area contributed by atoms with Gasteiger partial charge in [0.2, 0.25) is 0 Å². The Morgan fingerprint density at radius 3 is 2.31 bits per heavy atom. The highest BCUT2D eigenvalue weighted by Crippen LogP contribution is 2.59. The van der Waals surface area contributed by atoms with Crippen LogP contribution in [0.3, 0.4) is 0 Å². The number of hydrogen-bond donors (Lipinski definition) is 0. The zero-order valence-electron chi connectivity index (χ0n) is 20.7. The first-order valence-electron chi connectivity index (χ1n) is 12.9. The van der Waals surface area contributed by atoms with E-state index in [-0.39, 0.29) is 5.41 Å². The molecule has 6 rings (SSSR count). The van der Waals surface area contributed by atoms with Crippen LogP contribution in [0.4, 0.5) is 0 Å². The highest BCUT2D eigenvalue weighted by Gasteiger charge is 2.49. The van der Waals surface area contributed by atoms with Gasteiger partial charge in [-0.1, -0.05) is 121 Å². The second-order valence-electron chi connectivity index (χ2n) is 9.55. The van der Waals surface area contributed by atoms with Crippen molar-refractivity contribution in [1.29, 1.82) is 0 Å². The van der Waals surface area contributed by atoms with Crippen LogP contribution < -0.4 is 0 Å². The summed E-state index contributed by atoms with van der Waals surface area (Å²) < 4.78 is 5.59. The molecule has 2 aliphatic carbocycles. The number of benzene rings is 4. The summed E-state index contributed by atoms with van der Waals surface area (Å²) in [5.41, 5.74) is 10.6. The SMILES string of the molecule is CCOPCc1ccc(-c2cccc3c2-c2ccccc2C3(c2ccccc2)C2C=CC=CC2)cc1. The van der Waals surface area contributed by atoms with E-state index < -0.39 is 0 Å². The molecule has 2 heteroatoms. The van der Waals surface area contributed by atoms with Crippen LogP contribution in [0.2, 0.25) is 0 Å². The summed E-state index contributed by atoms with van der Waals surface area (Å²) in [4.78, 5) is 0. The van der Waals surface area contributed by atoms with Crippen molar-refractivity contribution in [2.45, 2.75) is 24.9 Å². The van der Waals surface area contributed by atoms with Gasteiger partial charge in [-0.3, -0.25) is 0 Å². The number of allylic oxidation sites excluding steroid dienone is 4. The van der Waals surface area contributed by atoms with Gasteiger partial charge in [0.05, 0.1) is 5.41 Å². The van der Waals surface area contributed by atoms with Crippen molar-refractivity contribution < 1.29 is 4.52 Å². The van der Waals surface area contributed by atoms with Crippen LogP contribution in [-0.2, 0) is 16.1 Å². The minimum absolute atomic E-state index is 0.219. The number of rotatable bonds is 7. The Hall–Kier alpha value is -3.25. The first-order valence-corrected chi connectivity index (χ1v) is 14.0. The van der Waals surface area contributed by atoms with Gasteiger partial charge in [0.15, 0.2) is 0 Å². The highest BCUT2D eigenvalue weighted by molar-refractivity contribution is 7.31. The molecule has 0 saturated heterocycles. The van der Waals surface area contributed by atoms with Crippen molar-refractivity contribution in [3.63, 3.8) is 0 Å². The zero-order valence-corrected chi connectivity index (χ0v) is 21.7. The van der Waals surface area contributed by atoms with Gasteiger partial charge < -0.3 is 4.52 Å². The Bertz CT molecular complexity index is 1420. The van der Waals surface area contributed by atoms with Crippen molar-refractivity contribution >= 4 is 8.81 Å². The molecule has 1 nitrogen and oxygen atoms in total. The van der Waals surface area contributed by atoms with Crippen LogP contribution in [0.1, 0.15) is 35.6 Å². The molecule has 0 spiro atoms. The molecule has 0 N–H and O–H groups in total. The predicted molar refractivity (Wildman–Crippen MR) is 154 cm³/mol. The molecular formula is C34H31OP. The first kappa shape index (κ1) is 23.2. The van der Waals surface area contributed by atoms with Crippen LogP contribution in [0.15, 0.2) is 121 Å². The van der Waals surface area contributed by atoms with Crippen LogP contribution in [0.25, 0.3) is 22.3 Å². The van der Waals surface area contributed by atoms with Gasteiger partial charge in [0, 0.05) is 21.6 Å². The molecule has 3 atom stereocenters. The summed E-state index contributed by atoms with van der Waals surface area (Å²) in [6, 6.07) is 36.2. The Balaban J connectivity index is 1.56. The lowest BCUT2D eigenvalue weighted by Crippen LogP contribution is -2.35. The third kappa shape index (κ3) is 3.79. The Labute approximate surface area is 216 Å². The van der Waals surface area contributed by atoms with E-state index >= 15 is 0 Å². The molecule has 2 aliphatic rings. The van der Waals surface area contributed by atoms with E-state index in [1.54, 1.807) is 0 Å². The molecule has 0 fully saturated rings. The summed E-state index contributed by atoms with van der Waals surface area (Å²) in [7, 11) is 0.521. The molecule has 36 heavy (non-hydrogen) atoms. The van der Waals surface area contributed by atoms with Gasteiger partial charge >= 0.3 is 0 Å².